The van der Waals surface area contributed by atoms with Gasteiger partial charge in [0.15, 0.2) is 18.1 Å². The van der Waals surface area contributed by atoms with Crippen molar-refractivity contribution in [2.45, 2.75) is 13.8 Å². The van der Waals surface area contributed by atoms with E-state index in [2.05, 4.69) is 5.32 Å². The lowest BCUT2D eigenvalue weighted by atomic mass is 10.1. The highest BCUT2D eigenvalue weighted by Crippen LogP contribution is 2.38. The van der Waals surface area contributed by atoms with Crippen molar-refractivity contribution >= 4 is 17.5 Å². The van der Waals surface area contributed by atoms with E-state index in [-0.39, 0.29) is 29.8 Å². The minimum atomic E-state index is -0.633. The van der Waals surface area contributed by atoms with Gasteiger partial charge in [0, 0.05) is 11.3 Å². The van der Waals surface area contributed by atoms with Gasteiger partial charge in [0.05, 0.1) is 14.2 Å². The Morgan fingerprint density at radius 1 is 1.08 bits per heavy atom. The molecule has 0 radical (unpaired) electrons. The molecule has 3 N–H and O–H groups in total. The van der Waals surface area contributed by atoms with Crippen LogP contribution in [-0.4, -0.2) is 32.6 Å². The maximum absolute atomic E-state index is 12.7. The number of hydrogen-bond acceptors (Lipinski definition) is 5. The molecule has 0 saturated carbocycles. The smallest absolute Gasteiger partial charge is 0.255 e. The minimum absolute atomic E-state index is 0.206. The van der Waals surface area contributed by atoms with Crippen molar-refractivity contribution in [2.75, 3.05) is 26.1 Å². The predicted octanol–water partition coefficient (Wildman–Crippen LogP) is 2.44. The van der Waals surface area contributed by atoms with Gasteiger partial charge in [-0.2, -0.15) is 0 Å². The Balaban J connectivity index is 2.35. The van der Waals surface area contributed by atoms with Gasteiger partial charge in [0.25, 0.3) is 11.8 Å². The van der Waals surface area contributed by atoms with Crippen molar-refractivity contribution in [1.29, 1.82) is 0 Å². The number of methoxy groups -OCH3 is 2. The summed E-state index contributed by atoms with van der Waals surface area (Å²) in [5, 5.41) is 2.87. The first-order valence-corrected chi connectivity index (χ1v) is 7.92. The molecule has 7 heteroatoms. The molecule has 7 nitrogen and oxygen atoms in total. The lowest BCUT2D eigenvalue weighted by Crippen LogP contribution is -2.20. The highest BCUT2D eigenvalue weighted by molar-refractivity contribution is 6.05. The molecule has 2 aromatic rings. The zero-order chi connectivity index (χ0) is 19.3. The molecule has 2 aromatic carbocycles. The van der Waals surface area contributed by atoms with E-state index in [9.17, 15) is 9.59 Å². The van der Waals surface area contributed by atoms with Crippen molar-refractivity contribution in [3.8, 4) is 17.2 Å². The molecular weight excluding hydrogens is 336 g/mol. The number of anilines is 1. The standard InChI is InChI=1S/C19H22N2O5/c1-11-6-5-7-14(12(11)2)21-19(23)13-8-15(24-3)18(16(9-13)25-4)26-10-17(20)22/h5-9H,10H2,1-4H3,(H2,20,22)(H,21,23). The minimum Gasteiger partial charge on any atom is -0.493 e. The lowest BCUT2D eigenvalue weighted by Gasteiger charge is -2.16. The summed E-state index contributed by atoms with van der Waals surface area (Å²) in [5.41, 5.74) is 8.22. The van der Waals surface area contributed by atoms with Gasteiger partial charge in [-0.15, -0.1) is 0 Å². The van der Waals surface area contributed by atoms with E-state index in [1.807, 2.05) is 32.0 Å². The van der Waals surface area contributed by atoms with E-state index < -0.39 is 5.91 Å². The second-order valence-corrected chi connectivity index (χ2v) is 5.67. The number of ether oxygens (including phenoxy) is 3. The number of carbonyl (C=O) groups excluding carboxylic acids is 2. The summed E-state index contributed by atoms with van der Waals surface area (Å²) >= 11 is 0. The average Bonchev–Trinajstić information content (AvgIpc) is 2.62. The largest absolute Gasteiger partial charge is 0.493 e. The highest BCUT2D eigenvalue weighted by atomic mass is 16.5. The fourth-order valence-electron chi connectivity index (χ4n) is 2.38. The topological polar surface area (TPSA) is 99.9 Å². The van der Waals surface area contributed by atoms with Crippen LogP contribution < -0.4 is 25.3 Å². The maximum atomic E-state index is 12.7. The molecule has 2 amide bonds. The summed E-state index contributed by atoms with van der Waals surface area (Å²) in [4.78, 5) is 23.6. The molecule has 26 heavy (non-hydrogen) atoms. The van der Waals surface area contributed by atoms with Crippen molar-refractivity contribution in [3.63, 3.8) is 0 Å². The Labute approximate surface area is 152 Å². The van der Waals surface area contributed by atoms with Gasteiger partial charge in [-0.05, 0) is 43.2 Å². The van der Waals surface area contributed by atoms with E-state index in [4.69, 9.17) is 19.9 Å². The third kappa shape index (κ3) is 4.24. The fourth-order valence-corrected chi connectivity index (χ4v) is 2.38. The number of rotatable bonds is 7. The predicted molar refractivity (Wildman–Crippen MR) is 98.1 cm³/mol. The molecule has 2 rings (SSSR count). The van der Waals surface area contributed by atoms with E-state index in [0.29, 0.717) is 5.56 Å². The molecule has 0 aromatic heterocycles. The van der Waals surface area contributed by atoms with Crippen LogP contribution >= 0.6 is 0 Å². The second kappa shape index (κ2) is 8.24. The van der Waals surface area contributed by atoms with Gasteiger partial charge < -0.3 is 25.3 Å². The van der Waals surface area contributed by atoms with Gasteiger partial charge in [-0.3, -0.25) is 9.59 Å². The average molecular weight is 358 g/mol. The number of nitrogens with one attached hydrogen (secondary N) is 1. The molecule has 0 fully saturated rings. The van der Waals surface area contributed by atoms with Crippen molar-refractivity contribution in [1.82, 2.24) is 0 Å². The molecule has 0 heterocycles. The Morgan fingerprint density at radius 2 is 1.69 bits per heavy atom. The number of nitrogens with two attached hydrogens (primary N) is 1. The van der Waals surface area contributed by atoms with Crippen molar-refractivity contribution in [3.05, 3.63) is 47.0 Å². The number of aryl methyl sites for hydroxylation is 1. The van der Waals surface area contributed by atoms with Crippen LogP contribution in [-0.2, 0) is 4.79 Å². The quantitative estimate of drug-likeness (QED) is 0.792. The van der Waals surface area contributed by atoms with Crippen LogP contribution in [0.3, 0.4) is 0 Å². The molecule has 0 unspecified atom stereocenters. The van der Waals surface area contributed by atoms with Gasteiger partial charge in [0.1, 0.15) is 0 Å². The first-order valence-electron chi connectivity index (χ1n) is 7.92. The molecule has 0 aliphatic rings. The van der Waals surface area contributed by atoms with Crippen LogP contribution in [0.5, 0.6) is 17.2 Å². The molecule has 0 aliphatic carbocycles. The summed E-state index contributed by atoms with van der Waals surface area (Å²) in [5.74, 6) is -0.229. The highest BCUT2D eigenvalue weighted by Gasteiger charge is 2.19. The third-order valence-electron chi connectivity index (χ3n) is 3.93. The molecule has 0 saturated heterocycles. The Bertz CT molecular complexity index is 808. The lowest BCUT2D eigenvalue weighted by molar-refractivity contribution is -0.120. The fraction of sp³-hybridized carbons (Fsp3) is 0.263. The molecular formula is C19H22N2O5. The van der Waals surface area contributed by atoms with Crippen molar-refractivity contribution < 1.29 is 23.8 Å². The number of primary amides is 1. The zero-order valence-electron chi connectivity index (χ0n) is 15.2. The maximum Gasteiger partial charge on any atom is 0.255 e. The zero-order valence-corrected chi connectivity index (χ0v) is 15.2. The second-order valence-electron chi connectivity index (χ2n) is 5.67. The van der Waals surface area contributed by atoms with Gasteiger partial charge in [-0.1, -0.05) is 12.1 Å². The summed E-state index contributed by atoms with van der Waals surface area (Å²) in [6, 6.07) is 8.71. The third-order valence-corrected chi connectivity index (χ3v) is 3.93. The Kier molecular flexibility index (Phi) is 6.06. The normalized spacial score (nSPS) is 10.2. The van der Waals surface area contributed by atoms with Gasteiger partial charge in [0.2, 0.25) is 5.75 Å². The molecule has 138 valence electrons. The Morgan fingerprint density at radius 3 is 2.23 bits per heavy atom. The van der Waals surface area contributed by atoms with E-state index >= 15 is 0 Å². The number of hydrogen-bond donors (Lipinski definition) is 2. The van der Waals surface area contributed by atoms with E-state index in [1.54, 1.807) is 0 Å². The molecule has 0 bridgehead atoms. The van der Waals surface area contributed by atoms with Crippen LogP contribution in [0, 0.1) is 13.8 Å². The van der Waals surface area contributed by atoms with Crippen LogP contribution in [0.4, 0.5) is 5.69 Å². The van der Waals surface area contributed by atoms with Crippen molar-refractivity contribution in [2.24, 2.45) is 5.73 Å². The summed E-state index contributed by atoms with van der Waals surface area (Å²) < 4.78 is 15.9. The van der Waals surface area contributed by atoms with Crippen LogP contribution in [0.2, 0.25) is 0 Å². The number of amides is 2. The number of carbonyl (C=O) groups is 2. The van der Waals surface area contributed by atoms with Gasteiger partial charge >= 0.3 is 0 Å². The van der Waals surface area contributed by atoms with E-state index in [1.165, 1.54) is 26.4 Å². The van der Waals surface area contributed by atoms with Crippen LogP contribution in [0.1, 0.15) is 21.5 Å². The van der Waals surface area contributed by atoms with Crippen LogP contribution in [0.25, 0.3) is 0 Å². The van der Waals surface area contributed by atoms with E-state index in [0.717, 1.165) is 16.8 Å². The number of benzene rings is 2. The SMILES string of the molecule is COc1cc(C(=O)Nc2cccc(C)c2C)cc(OC)c1OCC(N)=O. The van der Waals surface area contributed by atoms with Crippen LogP contribution in [0.15, 0.2) is 30.3 Å². The van der Waals surface area contributed by atoms with Gasteiger partial charge in [-0.25, -0.2) is 0 Å². The molecule has 0 atom stereocenters. The summed E-state index contributed by atoms with van der Waals surface area (Å²) in [6.07, 6.45) is 0. The summed E-state index contributed by atoms with van der Waals surface area (Å²) in [7, 11) is 2.86. The molecule has 0 aliphatic heterocycles. The monoisotopic (exact) mass is 358 g/mol. The first-order chi connectivity index (χ1) is 12.4. The first kappa shape index (κ1) is 19.1. The summed E-state index contributed by atoms with van der Waals surface area (Å²) in [6.45, 7) is 3.58. The molecule has 0 spiro atoms. The Hall–Kier alpha value is -3.22.